The third-order valence-corrected chi connectivity index (χ3v) is 2.16. The normalized spacial score (nSPS) is 10.1. The zero-order valence-electron chi connectivity index (χ0n) is 11.6. The SMILES string of the molecule is C=COCCOCCC(C(=O)OCC)C(=O)OCC. The van der Waals surface area contributed by atoms with Gasteiger partial charge in [-0.2, -0.15) is 0 Å². The first kappa shape index (κ1) is 17.4. The van der Waals surface area contributed by atoms with Crippen molar-refractivity contribution in [3.05, 3.63) is 12.8 Å². The molecule has 19 heavy (non-hydrogen) atoms. The van der Waals surface area contributed by atoms with Crippen molar-refractivity contribution < 1.29 is 28.5 Å². The molecule has 0 aromatic rings. The van der Waals surface area contributed by atoms with Crippen LogP contribution in [-0.4, -0.2) is 45.0 Å². The molecule has 6 nitrogen and oxygen atoms in total. The molecule has 0 radical (unpaired) electrons. The lowest BCUT2D eigenvalue weighted by Gasteiger charge is -2.14. The lowest BCUT2D eigenvalue weighted by molar-refractivity contribution is -0.162. The van der Waals surface area contributed by atoms with Gasteiger partial charge in [-0.05, 0) is 20.3 Å². The minimum absolute atomic E-state index is 0.225. The van der Waals surface area contributed by atoms with E-state index in [1.165, 1.54) is 6.26 Å². The second-order valence-electron chi connectivity index (χ2n) is 3.50. The molecule has 0 aliphatic carbocycles. The zero-order chi connectivity index (χ0) is 14.5. The van der Waals surface area contributed by atoms with Gasteiger partial charge < -0.3 is 18.9 Å². The van der Waals surface area contributed by atoms with Gasteiger partial charge in [0.2, 0.25) is 0 Å². The Kier molecular flexibility index (Phi) is 10.6. The van der Waals surface area contributed by atoms with Crippen LogP contribution in [0.1, 0.15) is 20.3 Å². The molecule has 0 spiro atoms. The van der Waals surface area contributed by atoms with Crippen LogP contribution in [0, 0.1) is 5.92 Å². The fourth-order valence-corrected chi connectivity index (χ4v) is 1.31. The number of esters is 2. The summed E-state index contributed by atoms with van der Waals surface area (Å²) in [4.78, 5) is 23.2. The van der Waals surface area contributed by atoms with Crippen LogP contribution in [-0.2, 0) is 28.5 Å². The average Bonchev–Trinajstić information content (AvgIpc) is 2.38. The van der Waals surface area contributed by atoms with Crippen LogP contribution in [0.15, 0.2) is 12.8 Å². The highest BCUT2D eigenvalue weighted by atomic mass is 16.6. The molecule has 0 saturated heterocycles. The van der Waals surface area contributed by atoms with E-state index in [1.54, 1.807) is 13.8 Å². The quantitative estimate of drug-likeness (QED) is 0.245. The minimum atomic E-state index is -0.930. The highest BCUT2D eigenvalue weighted by molar-refractivity contribution is 5.94. The summed E-state index contributed by atoms with van der Waals surface area (Å²) in [7, 11) is 0. The van der Waals surface area contributed by atoms with Gasteiger partial charge in [0.05, 0.1) is 26.1 Å². The molecule has 0 aliphatic rings. The standard InChI is InChI=1S/C13H22O6/c1-4-16-9-10-17-8-7-11(12(14)18-5-2)13(15)19-6-3/h4,11H,1,5-10H2,2-3H3. The van der Waals surface area contributed by atoms with Crippen LogP contribution < -0.4 is 0 Å². The molecular weight excluding hydrogens is 252 g/mol. The van der Waals surface area contributed by atoms with Gasteiger partial charge in [0.15, 0.2) is 5.92 Å². The van der Waals surface area contributed by atoms with Crippen LogP contribution in [0.25, 0.3) is 0 Å². The van der Waals surface area contributed by atoms with Gasteiger partial charge in [0.1, 0.15) is 6.61 Å². The van der Waals surface area contributed by atoms with Gasteiger partial charge in [-0.1, -0.05) is 6.58 Å². The lowest BCUT2D eigenvalue weighted by Crippen LogP contribution is -2.29. The maximum atomic E-state index is 11.6. The highest BCUT2D eigenvalue weighted by Gasteiger charge is 2.29. The third-order valence-electron chi connectivity index (χ3n) is 2.16. The summed E-state index contributed by atoms with van der Waals surface area (Å²) in [6.07, 6.45) is 1.55. The largest absolute Gasteiger partial charge is 0.499 e. The van der Waals surface area contributed by atoms with E-state index < -0.39 is 17.9 Å². The molecule has 0 fully saturated rings. The maximum Gasteiger partial charge on any atom is 0.320 e. The third kappa shape index (κ3) is 8.20. The van der Waals surface area contributed by atoms with Crippen molar-refractivity contribution in [2.24, 2.45) is 5.92 Å². The second kappa shape index (κ2) is 11.5. The number of rotatable bonds is 11. The van der Waals surface area contributed by atoms with Crippen molar-refractivity contribution in [2.75, 3.05) is 33.0 Å². The van der Waals surface area contributed by atoms with Crippen LogP contribution in [0.2, 0.25) is 0 Å². The van der Waals surface area contributed by atoms with Crippen LogP contribution in [0.3, 0.4) is 0 Å². The molecule has 0 aromatic heterocycles. The summed E-state index contributed by atoms with van der Waals surface area (Å²) in [6, 6.07) is 0. The number of carbonyl (C=O) groups excluding carboxylic acids is 2. The van der Waals surface area contributed by atoms with Crippen molar-refractivity contribution in [3.63, 3.8) is 0 Å². The first-order valence-electron chi connectivity index (χ1n) is 6.30. The smallest absolute Gasteiger partial charge is 0.320 e. The van der Waals surface area contributed by atoms with Gasteiger partial charge in [-0.25, -0.2) is 0 Å². The zero-order valence-corrected chi connectivity index (χ0v) is 11.6. The lowest BCUT2D eigenvalue weighted by atomic mass is 10.1. The predicted molar refractivity (Wildman–Crippen MR) is 68.3 cm³/mol. The Hall–Kier alpha value is -1.56. The molecular formula is C13H22O6. The molecule has 0 amide bonds. The van der Waals surface area contributed by atoms with E-state index in [1.807, 2.05) is 0 Å². The van der Waals surface area contributed by atoms with Gasteiger partial charge in [0.25, 0.3) is 0 Å². The van der Waals surface area contributed by atoms with Crippen molar-refractivity contribution in [1.29, 1.82) is 0 Å². The topological polar surface area (TPSA) is 71.1 Å². The fourth-order valence-electron chi connectivity index (χ4n) is 1.31. The number of hydrogen-bond donors (Lipinski definition) is 0. The predicted octanol–water partition coefficient (Wildman–Crippen LogP) is 1.30. The van der Waals surface area contributed by atoms with Gasteiger partial charge in [-0.15, -0.1) is 0 Å². The Morgan fingerprint density at radius 3 is 2.11 bits per heavy atom. The maximum absolute atomic E-state index is 11.6. The monoisotopic (exact) mass is 274 g/mol. The molecule has 0 heterocycles. The number of hydrogen-bond acceptors (Lipinski definition) is 6. The molecule has 6 heteroatoms. The summed E-state index contributed by atoms with van der Waals surface area (Å²) in [6.45, 7) is 8.21. The summed E-state index contributed by atoms with van der Waals surface area (Å²) < 4.78 is 19.8. The van der Waals surface area contributed by atoms with E-state index in [4.69, 9.17) is 18.9 Å². The molecule has 110 valence electrons. The highest BCUT2D eigenvalue weighted by Crippen LogP contribution is 2.09. The Balaban J connectivity index is 4.08. The Morgan fingerprint density at radius 1 is 1.05 bits per heavy atom. The van der Waals surface area contributed by atoms with Crippen LogP contribution >= 0.6 is 0 Å². The molecule has 0 N–H and O–H groups in total. The van der Waals surface area contributed by atoms with Gasteiger partial charge in [0, 0.05) is 6.61 Å². The molecule has 0 unspecified atom stereocenters. The van der Waals surface area contributed by atoms with Crippen molar-refractivity contribution in [2.45, 2.75) is 20.3 Å². The van der Waals surface area contributed by atoms with E-state index >= 15 is 0 Å². The van der Waals surface area contributed by atoms with Crippen molar-refractivity contribution in [1.82, 2.24) is 0 Å². The molecule has 0 saturated carbocycles. The fraction of sp³-hybridized carbons (Fsp3) is 0.692. The van der Waals surface area contributed by atoms with Crippen LogP contribution in [0.5, 0.6) is 0 Å². The molecule has 0 rings (SSSR count). The average molecular weight is 274 g/mol. The van der Waals surface area contributed by atoms with Gasteiger partial charge >= 0.3 is 11.9 Å². The first-order chi connectivity index (χ1) is 9.17. The molecule has 0 atom stereocenters. The summed E-state index contributed by atoms with van der Waals surface area (Å²) in [5.74, 6) is -2.08. The van der Waals surface area contributed by atoms with E-state index in [-0.39, 0.29) is 26.2 Å². The Bertz CT molecular complexity index is 258. The number of ether oxygens (including phenoxy) is 4. The number of carbonyl (C=O) groups is 2. The van der Waals surface area contributed by atoms with Crippen molar-refractivity contribution >= 4 is 11.9 Å². The molecule has 0 aliphatic heterocycles. The minimum Gasteiger partial charge on any atom is -0.499 e. The van der Waals surface area contributed by atoms with E-state index in [0.29, 0.717) is 13.2 Å². The summed E-state index contributed by atoms with van der Waals surface area (Å²) >= 11 is 0. The van der Waals surface area contributed by atoms with E-state index in [2.05, 4.69) is 6.58 Å². The molecule has 0 bridgehead atoms. The summed E-state index contributed by atoms with van der Waals surface area (Å²) in [5, 5.41) is 0. The van der Waals surface area contributed by atoms with Gasteiger partial charge in [-0.3, -0.25) is 9.59 Å². The Morgan fingerprint density at radius 2 is 1.63 bits per heavy atom. The van der Waals surface area contributed by atoms with E-state index in [0.717, 1.165) is 0 Å². The Labute approximate surface area is 113 Å². The second-order valence-corrected chi connectivity index (χ2v) is 3.50. The van der Waals surface area contributed by atoms with Crippen molar-refractivity contribution in [3.8, 4) is 0 Å². The summed E-state index contributed by atoms with van der Waals surface area (Å²) in [5.41, 5.74) is 0. The first-order valence-corrected chi connectivity index (χ1v) is 6.30. The van der Waals surface area contributed by atoms with Crippen LogP contribution in [0.4, 0.5) is 0 Å². The molecule has 0 aromatic carbocycles. The van der Waals surface area contributed by atoms with E-state index in [9.17, 15) is 9.59 Å².